The molecule has 0 bridgehead atoms. The van der Waals surface area contributed by atoms with Gasteiger partial charge in [-0.1, -0.05) is 0 Å². The molecule has 1 aromatic heterocycles. The molecule has 0 fully saturated rings. The van der Waals surface area contributed by atoms with E-state index in [4.69, 9.17) is 12.2 Å². The number of thiocarbonyl (C=S) groups is 1. The maximum Gasteiger partial charge on any atom is 0.296 e. The molecule has 0 radical (unpaired) electrons. The number of nitrogens with one attached hydrogen (secondary N) is 2. The Bertz CT molecular complexity index is 440. The van der Waals surface area contributed by atoms with Crippen molar-refractivity contribution in [1.82, 2.24) is 20.1 Å². The van der Waals surface area contributed by atoms with E-state index in [1.54, 1.807) is 6.92 Å². The van der Waals surface area contributed by atoms with Crippen molar-refractivity contribution in [3.05, 3.63) is 16.0 Å². The number of hydrogen-bond acceptors (Lipinski definition) is 5. The zero-order valence-electron chi connectivity index (χ0n) is 7.57. The number of aryl methyl sites for hydroxylation is 1. The fraction of sp³-hybridized carbons (Fsp3) is 0.429. The lowest BCUT2D eigenvalue weighted by molar-refractivity contribution is 0.809. The van der Waals surface area contributed by atoms with Crippen LogP contribution < -0.4 is 16.2 Å². The Hall–Kier alpha value is -1.50. The van der Waals surface area contributed by atoms with E-state index < -0.39 is 0 Å². The van der Waals surface area contributed by atoms with Crippen LogP contribution in [0.3, 0.4) is 0 Å². The van der Waals surface area contributed by atoms with Crippen LogP contribution in [0.1, 0.15) is 5.69 Å². The van der Waals surface area contributed by atoms with Crippen LogP contribution in [-0.2, 0) is 0 Å². The molecule has 0 spiro atoms. The highest BCUT2D eigenvalue weighted by molar-refractivity contribution is 7.80. The van der Waals surface area contributed by atoms with E-state index in [9.17, 15) is 4.79 Å². The Labute approximate surface area is 85.3 Å². The van der Waals surface area contributed by atoms with Crippen LogP contribution in [0.4, 0.5) is 5.95 Å². The Morgan fingerprint density at radius 1 is 1.43 bits per heavy atom. The van der Waals surface area contributed by atoms with Crippen LogP contribution in [0, 0.1) is 6.92 Å². The van der Waals surface area contributed by atoms with Gasteiger partial charge >= 0.3 is 0 Å². The molecule has 2 rings (SSSR count). The normalized spacial score (nSPS) is 15.1. The molecule has 7 heteroatoms. The monoisotopic (exact) mass is 211 g/mol. The van der Waals surface area contributed by atoms with Gasteiger partial charge in [-0.15, -0.1) is 0 Å². The van der Waals surface area contributed by atoms with Crippen LogP contribution in [0.25, 0.3) is 0 Å². The van der Waals surface area contributed by atoms with Gasteiger partial charge in [-0.2, -0.15) is 14.8 Å². The second-order valence-corrected chi connectivity index (χ2v) is 3.28. The minimum atomic E-state index is -0.326. The molecular formula is C7H9N5OS. The van der Waals surface area contributed by atoms with Crippen molar-refractivity contribution in [2.75, 3.05) is 18.4 Å². The van der Waals surface area contributed by atoms with Gasteiger partial charge in [-0.05, 0) is 19.1 Å². The molecule has 0 saturated heterocycles. The minimum Gasteiger partial charge on any atom is -0.359 e. The maximum atomic E-state index is 11.2. The summed E-state index contributed by atoms with van der Waals surface area (Å²) in [4.78, 5) is 15.0. The summed E-state index contributed by atoms with van der Waals surface area (Å²) in [7, 11) is 0. The number of rotatable bonds is 0. The second kappa shape index (κ2) is 3.33. The molecule has 2 N–H and O–H groups in total. The summed E-state index contributed by atoms with van der Waals surface area (Å²) in [6.07, 6.45) is 0. The molecule has 0 atom stereocenters. The highest BCUT2D eigenvalue weighted by Gasteiger charge is 2.13. The largest absolute Gasteiger partial charge is 0.359 e. The molecule has 0 saturated carbocycles. The zero-order chi connectivity index (χ0) is 10.1. The molecule has 6 nitrogen and oxygen atoms in total. The highest BCUT2D eigenvalue weighted by Crippen LogP contribution is 2.00. The molecule has 2 heterocycles. The van der Waals surface area contributed by atoms with Gasteiger partial charge in [0, 0.05) is 13.1 Å². The molecular weight excluding hydrogens is 202 g/mol. The summed E-state index contributed by atoms with van der Waals surface area (Å²) in [5.41, 5.74) is 0.00931. The van der Waals surface area contributed by atoms with Gasteiger partial charge in [0.1, 0.15) is 5.69 Å². The summed E-state index contributed by atoms with van der Waals surface area (Å²) in [6.45, 7) is 2.96. The van der Waals surface area contributed by atoms with Gasteiger partial charge in [0.2, 0.25) is 5.95 Å². The zero-order valence-corrected chi connectivity index (χ0v) is 8.39. The average molecular weight is 211 g/mol. The molecule has 0 amide bonds. The van der Waals surface area contributed by atoms with Crippen molar-refractivity contribution >= 4 is 23.3 Å². The number of fused-ring (bicyclic) bond motifs is 1. The predicted octanol–water partition coefficient (Wildman–Crippen LogP) is -0.905. The second-order valence-electron chi connectivity index (χ2n) is 2.90. The molecule has 0 aromatic carbocycles. The third-order valence-corrected chi connectivity index (χ3v) is 2.16. The quantitative estimate of drug-likeness (QED) is 0.542. The summed E-state index contributed by atoms with van der Waals surface area (Å²) in [6, 6.07) is 0. The maximum absolute atomic E-state index is 11.2. The van der Waals surface area contributed by atoms with E-state index in [1.807, 2.05) is 0 Å². The first-order chi connectivity index (χ1) is 6.68. The van der Waals surface area contributed by atoms with E-state index in [-0.39, 0.29) is 5.56 Å². The van der Waals surface area contributed by atoms with E-state index in [2.05, 4.69) is 20.7 Å². The van der Waals surface area contributed by atoms with E-state index in [1.165, 1.54) is 4.68 Å². The SMILES string of the molecule is Cc1nn2c(nc1=O)NCCNC2=S. The van der Waals surface area contributed by atoms with Crippen molar-refractivity contribution in [2.24, 2.45) is 0 Å². The summed E-state index contributed by atoms with van der Waals surface area (Å²) < 4.78 is 1.43. The van der Waals surface area contributed by atoms with Crippen LogP contribution >= 0.6 is 12.2 Å². The third kappa shape index (κ3) is 1.46. The first kappa shape index (κ1) is 9.07. The number of nitrogens with zero attached hydrogens (tertiary/aromatic N) is 3. The van der Waals surface area contributed by atoms with Crippen molar-refractivity contribution < 1.29 is 0 Å². The first-order valence-corrected chi connectivity index (χ1v) is 4.59. The molecule has 1 aliphatic rings. The standard InChI is InChI=1S/C7H9N5OS/c1-4-5(13)10-6-8-2-3-9-7(14)12(6)11-4/h2-3H2,1H3,(H,9,14)(H,8,10,13). The van der Waals surface area contributed by atoms with Crippen molar-refractivity contribution in [3.63, 3.8) is 0 Å². The van der Waals surface area contributed by atoms with Gasteiger partial charge in [0.05, 0.1) is 0 Å². The van der Waals surface area contributed by atoms with Crippen LogP contribution in [-0.4, -0.2) is 33.0 Å². The average Bonchev–Trinajstić information content (AvgIpc) is 2.31. The smallest absolute Gasteiger partial charge is 0.296 e. The van der Waals surface area contributed by atoms with Crippen LogP contribution in [0.15, 0.2) is 4.79 Å². The van der Waals surface area contributed by atoms with Crippen LogP contribution in [0.5, 0.6) is 0 Å². The number of anilines is 1. The third-order valence-electron chi connectivity index (χ3n) is 1.84. The fourth-order valence-electron chi connectivity index (χ4n) is 1.14. The van der Waals surface area contributed by atoms with Gasteiger partial charge in [0.15, 0.2) is 5.11 Å². The van der Waals surface area contributed by atoms with Crippen molar-refractivity contribution in [1.29, 1.82) is 0 Å². The Balaban J connectivity index is 2.60. The molecule has 1 aromatic rings. The topological polar surface area (TPSA) is 71.8 Å². The first-order valence-electron chi connectivity index (χ1n) is 4.18. The molecule has 14 heavy (non-hydrogen) atoms. The van der Waals surface area contributed by atoms with Gasteiger partial charge < -0.3 is 10.6 Å². The minimum absolute atomic E-state index is 0.326. The lowest BCUT2D eigenvalue weighted by Gasteiger charge is -2.07. The molecule has 0 unspecified atom stereocenters. The Morgan fingerprint density at radius 2 is 2.14 bits per heavy atom. The van der Waals surface area contributed by atoms with Crippen molar-refractivity contribution in [3.8, 4) is 0 Å². The molecule has 0 aliphatic carbocycles. The van der Waals surface area contributed by atoms with E-state index in [0.717, 1.165) is 0 Å². The lowest BCUT2D eigenvalue weighted by Crippen LogP contribution is -2.31. The lowest BCUT2D eigenvalue weighted by atomic mass is 10.5. The van der Waals surface area contributed by atoms with Crippen molar-refractivity contribution in [2.45, 2.75) is 6.92 Å². The predicted molar refractivity (Wildman–Crippen MR) is 55.5 cm³/mol. The number of aromatic nitrogens is 3. The van der Waals surface area contributed by atoms with Gasteiger partial charge in [-0.25, -0.2) is 0 Å². The summed E-state index contributed by atoms with van der Waals surface area (Å²) in [5.74, 6) is 0.399. The fourth-order valence-corrected chi connectivity index (χ4v) is 1.37. The Morgan fingerprint density at radius 3 is 2.93 bits per heavy atom. The number of hydrogen-bond donors (Lipinski definition) is 2. The van der Waals surface area contributed by atoms with E-state index in [0.29, 0.717) is 29.8 Å². The van der Waals surface area contributed by atoms with Gasteiger partial charge in [-0.3, -0.25) is 4.79 Å². The molecule has 1 aliphatic heterocycles. The molecule has 74 valence electrons. The highest BCUT2D eigenvalue weighted by atomic mass is 32.1. The summed E-state index contributed by atoms with van der Waals surface area (Å²) in [5, 5.41) is 10.4. The Kier molecular flexibility index (Phi) is 2.16. The van der Waals surface area contributed by atoms with E-state index >= 15 is 0 Å². The van der Waals surface area contributed by atoms with Crippen LogP contribution in [0.2, 0.25) is 0 Å². The summed E-state index contributed by atoms with van der Waals surface area (Å²) >= 11 is 5.06. The van der Waals surface area contributed by atoms with Gasteiger partial charge in [0.25, 0.3) is 5.56 Å².